The largest absolute Gasteiger partial charge is 0.309 e. The standard InChI is InChI=1S/C14H29N3/c1-14(2)11-17(12-7-5-6-8-12)13(9-15-14)10-16(3)4/h12-13,15H,5-11H2,1-4H3. The van der Waals surface area contributed by atoms with Crippen LogP contribution in [0.1, 0.15) is 39.5 Å². The molecule has 1 saturated heterocycles. The van der Waals surface area contributed by atoms with Gasteiger partial charge >= 0.3 is 0 Å². The predicted molar refractivity (Wildman–Crippen MR) is 73.4 cm³/mol. The fourth-order valence-corrected chi connectivity index (χ4v) is 3.41. The summed E-state index contributed by atoms with van der Waals surface area (Å²) in [5, 5.41) is 3.70. The van der Waals surface area contributed by atoms with E-state index in [1.165, 1.54) is 38.8 Å². The zero-order valence-electron chi connectivity index (χ0n) is 12.0. The van der Waals surface area contributed by atoms with Crippen LogP contribution in [0.15, 0.2) is 0 Å². The number of hydrogen-bond donors (Lipinski definition) is 1. The van der Waals surface area contributed by atoms with Crippen molar-refractivity contribution >= 4 is 0 Å². The van der Waals surface area contributed by atoms with Crippen LogP contribution >= 0.6 is 0 Å². The van der Waals surface area contributed by atoms with Crippen LogP contribution in [0, 0.1) is 0 Å². The minimum Gasteiger partial charge on any atom is -0.309 e. The van der Waals surface area contributed by atoms with Gasteiger partial charge in [-0.2, -0.15) is 0 Å². The monoisotopic (exact) mass is 239 g/mol. The maximum atomic E-state index is 3.70. The molecule has 0 aromatic carbocycles. The molecule has 3 nitrogen and oxygen atoms in total. The first kappa shape index (κ1) is 13.3. The fourth-order valence-electron chi connectivity index (χ4n) is 3.41. The van der Waals surface area contributed by atoms with Crippen LogP contribution in [-0.4, -0.2) is 61.2 Å². The average Bonchev–Trinajstić information content (AvgIpc) is 2.73. The van der Waals surface area contributed by atoms with Crippen molar-refractivity contribution in [3.05, 3.63) is 0 Å². The van der Waals surface area contributed by atoms with Crippen LogP contribution in [0.3, 0.4) is 0 Å². The van der Waals surface area contributed by atoms with Gasteiger partial charge in [-0.25, -0.2) is 0 Å². The second-order valence-corrected chi connectivity index (χ2v) is 6.79. The number of nitrogens with zero attached hydrogens (tertiary/aromatic N) is 2. The average molecular weight is 239 g/mol. The molecule has 1 N–H and O–H groups in total. The summed E-state index contributed by atoms with van der Waals surface area (Å²) in [5.74, 6) is 0. The molecule has 0 spiro atoms. The minimum atomic E-state index is 0.283. The van der Waals surface area contributed by atoms with E-state index in [2.05, 4.69) is 43.1 Å². The molecule has 0 bridgehead atoms. The fraction of sp³-hybridized carbons (Fsp3) is 1.00. The predicted octanol–water partition coefficient (Wildman–Crippen LogP) is 1.54. The van der Waals surface area contributed by atoms with Gasteiger partial charge in [-0.3, -0.25) is 4.90 Å². The van der Waals surface area contributed by atoms with Gasteiger partial charge in [0.25, 0.3) is 0 Å². The van der Waals surface area contributed by atoms with Crippen LogP contribution in [0.25, 0.3) is 0 Å². The zero-order valence-corrected chi connectivity index (χ0v) is 12.0. The summed E-state index contributed by atoms with van der Waals surface area (Å²) >= 11 is 0. The summed E-state index contributed by atoms with van der Waals surface area (Å²) in [7, 11) is 4.37. The Morgan fingerprint density at radius 2 is 1.88 bits per heavy atom. The first-order valence-corrected chi connectivity index (χ1v) is 7.13. The van der Waals surface area contributed by atoms with Gasteiger partial charge in [0.1, 0.15) is 0 Å². The van der Waals surface area contributed by atoms with Gasteiger partial charge in [-0.1, -0.05) is 12.8 Å². The van der Waals surface area contributed by atoms with Crippen molar-refractivity contribution < 1.29 is 0 Å². The lowest BCUT2D eigenvalue weighted by atomic mass is 9.96. The molecule has 2 fully saturated rings. The number of piperazine rings is 1. The smallest absolute Gasteiger partial charge is 0.0351 e. The first-order chi connectivity index (χ1) is 7.98. The summed E-state index contributed by atoms with van der Waals surface area (Å²) in [6.07, 6.45) is 5.70. The van der Waals surface area contributed by atoms with Crippen LogP contribution in [0.4, 0.5) is 0 Å². The number of hydrogen-bond acceptors (Lipinski definition) is 3. The van der Waals surface area contributed by atoms with E-state index >= 15 is 0 Å². The lowest BCUT2D eigenvalue weighted by Gasteiger charge is -2.48. The minimum absolute atomic E-state index is 0.283. The molecule has 0 amide bonds. The SMILES string of the molecule is CN(C)CC1CNC(C)(C)CN1C1CCCC1. The highest BCUT2D eigenvalue weighted by Gasteiger charge is 2.37. The Bertz CT molecular complexity index is 244. The van der Waals surface area contributed by atoms with Crippen molar-refractivity contribution in [3.8, 4) is 0 Å². The van der Waals surface area contributed by atoms with Crippen molar-refractivity contribution in [1.29, 1.82) is 0 Å². The topological polar surface area (TPSA) is 18.5 Å². The normalized spacial score (nSPS) is 31.2. The highest BCUT2D eigenvalue weighted by Crippen LogP contribution is 2.28. The molecule has 1 atom stereocenters. The van der Waals surface area contributed by atoms with Gasteiger partial charge in [0, 0.05) is 37.3 Å². The molecule has 3 heteroatoms. The van der Waals surface area contributed by atoms with Crippen LogP contribution in [0.5, 0.6) is 0 Å². The molecule has 1 unspecified atom stereocenters. The molecule has 1 saturated carbocycles. The third-order valence-corrected chi connectivity index (χ3v) is 4.23. The van der Waals surface area contributed by atoms with Gasteiger partial charge in [0.05, 0.1) is 0 Å². The van der Waals surface area contributed by atoms with E-state index in [0.29, 0.717) is 6.04 Å². The van der Waals surface area contributed by atoms with Crippen molar-refractivity contribution in [2.24, 2.45) is 0 Å². The summed E-state index contributed by atoms with van der Waals surface area (Å²) < 4.78 is 0. The maximum absolute atomic E-state index is 3.70. The van der Waals surface area contributed by atoms with Gasteiger partial charge in [-0.15, -0.1) is 0 Å². The third kappa shape index (κ3) is 3.43. The van der Waals surface area contributed by atoms with Gasteiger partial charge < -0.3 is 10.2 Å². The molecule has 17 heavy (non-hydrogen) atoms. The van der Waals surface area contributed by atoms with Crippen LogP contribution < -0.4 is 5.32 Å². The van der Waals surface area contributed by atoms with E-state index in [-0.39, 0.29) is 5.54 Å². The third-order valence-electron chi connectivity index (χ3n) is 4.23. The van der Waals surface area contributed by atoms with Gasteiger partial charge in [0.2, 0.25) is 0 Å². The van der Waals surface area contributed by atoms with Gasteiger partial charge in [0.15, 0.2) is 0 Å². The molecule has 2 aliphatic rings. The lowest BCUT2D eigenvalue weighted by molar-refractivity contribution is 0.0432. The molecule has 0 aromatic rings. The molecule has 100 valence electrons. The Morgan fingerprint density at radius 1 is 1.24 bits per heavy atom. The molecular weight excluding hydrogens is 210 g/mol. The van der Waals surface area contributed by atoms with Crippen molar-refractivity contribution in [2.75, 3.05) is 33.7 Å². The summed E-state index contributed by atoms with van der Waals surface area (Å²) in [5.41, 5.74) is 0.283. The number of rotatable bonds is 3. The van der Waals surface area contributed by atoms with E-state index in [9.17, 15) is 0 Å². The molecule has 0 radical (unpaired) electrons. The number of nitrogens with one attached hydrogen (secondary N) is 1. The van der Waals surface area contributed by atoms with Crippen molar-refractivity contribution in [1.82, 2.24) is 15.1 Å². The molecular formula is C14H29N3. The molecule has 1 heterocycles. The molecule has 1 aliphatic heterocycles. The van der Waals surface area contributed by atoms with Crippen LogP contribution in [0.2, 0.25) is 0 Å². The van der Waals surface area contributed by atoms with Crippen molar-refractivity contribution in [2.45, 2.75) is 57.2 Å². The molecule has 0 aromatic heterocycles. The Hall–Kier alpha value is -0.120. The lowest BCUT2D eigenvalue weighted by Crippen LogP contribution is -2.65. The summed E-state index contributed by atoms with van der Waals surface area (Å²) in [6.45, 7) is 8.19. The Morgan fingerprint density at radius 3 is 2.47 bits per heavy atom. The molecule has 2 rings (SSSR count). The van der Waals surface area contributed by atoms with E-state index < -0.39 is 0 Å². The number of likely N-dealkylation sites (N-methyl/N-ethyl adjacent to an activating group) is 1. The van der Waals surface area contributed by atoms with E-state index in [1.807, 2.05) is 0 Å². The second kappa shape index (κ2) is 5.25. The highest BCUT2D eigenvalue weighted by molar-refractivity contribution is 4.96. The van der Waals surface area contributed by atoms with E-state index in [1.54, 1.807) is 0 Å². The van der Waals surface area contributed by atoms with E-state index in [4.69, 9.17) is 0 Å². The van der Waals surface area contributed by atoms with E-state index in [0.717, 1.165) is 12.6 Å². The Labute approximate surface area is 107 Å². The Kier molecular flexibility index (Phi) is 4.11. The van der Waals surface area contributed by atoms with Crippen molar-refractivity contribution in [3.63, 3.8) is 0 Å². The Balaban J connectivity index is 2.03. The highest BCUT2D eigenvalue weighted by atomic mass is 15.3. The zero-order chi connectivity index (χ0) is 12.5. The quantitative estimate of drug-likeness (QED) is 0.806. The maximum Gasteiger partial charge on any atom is 0.0351 e. The second-order valence-electron chi connectivity index (χ2n) is 6.79. The summed E-state index contributed by atoms with van der Waals surface area (Å²) in [6, 6.07) is 1.54. The summed E-state index contributed by atoms with van der Waals surface area (Å²) in [4.78, 5) is 5.12. The first-order valence-electron chi connectivity index (χ1n) is 7.13. The van der Waals surface area contributed by atoms with Crippen LogP contribution in [-0.2, 0) is 0 Å². The molecule has 1 aliphatic carbocycles. The van der Waals surface area contributed by atoms with Gasteiger partial charge in [-0.05, 0) is 40.8 Å².